The van der Waals surface area contributed by atoms with Gasteiger partial charge in [0, 0.05) is 10.6 Å². The lowest BCUT2D eigenvalue weighted by molar-refractivity contribution is 0.0765. The van der Waals surface area contributed by atoms with E-state index in [2.05, 4.69) is 0 Å². The highest BCUT2D eigenvalue weighted by atomic mass is 35.5. The highest BCUT2D eigenvalue weighted by Crippen LogP contribution is 2.11. The predicted molar refractivity (Wildman–Crippen MR) is 78.4 cm³/mol. The van der Waals surface area contributed by atoms with Gasteiger partial charge in [0.25, 0.3) is 0 Å². The molecule has 0 saturated heterocycles. The van der Waals surface area contributed by atoms with Crippen LogP contribution in [0.15, 0.2) is 48.5 Å². The second kappa shape index (κ2) is 7.08. The second-order valence-electron chi connectivity index (χ2n) is 4.40. The van der Waals surface area contributed by atoms with Crippen molar-refractivity contribution in [2.75, 3.05) is 13.2 Å². The number of ether oxygens (including phenoxy) is 1. The molecular formula is C16H15ClO3. The minimum atomic E-state index is -0.0626. The first-order valence-electron chi connectivity index (χ1n) is 6.29. The Labute approximate surface area is 122 Å². The number of carbonyl (C=O) groups excluding carboxylic acids is 1. The maximum atomic E-state index is 11.8. The van der Waals surface area contributed by atoms with E-state index < -0.39 is 0 Å². The number of hydrogen-bond donors (Lipinski definition) is 1. The number of ketones is 1. The first-order valence-corrected chi connectivity index (χ1v) is 6.67. The summed E-state index contributed by atoms with van der Waals surface area (Å²) in [6.07, 6.45) is 0.703. The average molecular weight is 291 g/mol. The van der Waals surface area contributed by atoms with Crippen LogP contribution in [-0.2, 0) is 11.2 Å². The molecule has 0 spiro atoms. The Bertz CT molecular complexity index is 561. The second-order valence-corrected chi connectivity index (χ2v) is 4.84. The van der Waals surface area contributed by atoms with Crippen molar-refractivity contribution in [1.29, 1.82) is 0 Å². The van der Waals surface area contributed by atoms with Crippen molar-refractivity contribution in [2.45, 2.75) is 6.42 Å². The van der Waals surface area contributed by atoms with Gasteiger partial charge in [0.1, 0.15) is 12.4 Å². The zero-order valence-electron chi connectivity index (χ0n) is 10.9. The molecule has 4 heteroatoms. The molecule has 0 amide bonds. The van der Waals surface area contributed by atoms with Gasteiger partial charge in [-0.3, -0.25) is 4.79 Å². The minimum absolute atomic E-state index is 0.0553. The van der Waals surface area contributed by atoms with Crippen LogP contribution >= 0.6 is 11.6 Å². The summed E-state index contributed by atoms with van der Waals surface area (Å²) in [6.45, 7) is 0.518. The molecule has 3 nitrogen and oxygen atoms in total. The van der Waals surface area contributed by atoms with Crippen molar-refractivity contribution in [3.63, 3.8) is 0 Å². The number of Topliss-reactive ketones (excluding diaryl/α,β-unsaturated/α-hetero) is 1. The third kappa shape index (κ3) is 4.37. The predicted octanol–water partition coefficient (Wildman–Crippen LogP) is 3.49. The van der Waals surface area contributed by atoms with Gasteiger partial charge in [-0.1, -0.05) is 23.7 Å². The maximum absolute atomic E-state index is 11.8. The summed E-state index contributed by atoms with van der Waals surface area (Å²) in [4.78, 5) is 11.8. The molecule has 104 valence electrons. The Morgan fingerprint density at radius 3 is 2.35 bits per heavy atom. The highest BCUT2D eigenvalue weighted by Gasteiger charge is 2.05. The number of benzene rings is 2. The van der Waals surface area contributed by atoms with Gasteiger partial charge in [0.15, 0.2) is 5.78 Å². The molecule has 0 aliphatic rings. The number of aromatic hydroxyl groups is 1. The van der Waals surface area contributed by atoms with Crippen LogP contribution < -0.4 is 0 Å². The molecule has 0 saturated carbocycles. The lowest BCUT2D eigenvalue weighted by Crippen LogP contribution is -2.10. The summed E-state index contributed by atoms with van der Waals surface area (Å²) in [6, 6.07) is 13.7. The van der Waals surface area contributed by atoms with E-state index in [0.717, 1.165) is 5.56 Å². The third-order valence-electron chi connectivity index (χ3n) is 2.87. The lowest BCUT2D eigenvalue weighted by Gasteiger charge is -2.04. The van der Waals surface area contributed by atoms with Gasteiger partial charge in [-0.15, -0.1) is 0 Å². The van der Waals surface area contributed by atoms with E-state index in [9.17, 15) is 4.79 Å². The van der Waals surface area contributed by atoms with E-state index in [-0.39, 0.29) is 18.1 Å². The molecule has 0 radical (unpaired) electrons. The van der Waals surface area contributed by atoms with Gasteiger partial charge in [-0.05, 0) is 48.4 Å². The molecule has 0 unspecified atom stereocenters. The van der Waals surface area contributed by atoms with Crippen LogP contribution in [0, 0.1) is 0 Å². The number of hydrogen-bond acceptors (Lipinski definition) is 3. The number of carbonyl (C=O) groups is 1. The summed E-state index contributed by atoms with van der Waals surface area (Å²) in [5, 5.41) is 9.77. The average Bonchev–Trinajstić information content (AvgIpc) is 2.46. The van der Waals surface area contributed by atoms with E-state index in [1.165, 1.54) is 0 Å². The molecule has 0 aliphatic carbocycles. The zero-order chi connectivity index (χ0) is 14.4. The van der Waals surface area contributed by atoms with Crippen molar-refractivity contribution < 1.29 is 14.6 Å². The van der Waals surface area contributed by atoms with Gasteiger partial charge in [0.05, 0.1) is 6.61 Å². The number of rotatable bonds is 6. The highest BCUT2D eigenvalue weighted by molar-refractivity contribution is 6.30. The van der Waals surface area contributed by atoms with Crippen LogP contribution in [0.5, 0.6) is 5.75 Å². The van der Waals surface area contributed by atoms with Crippen LogP contribution in [0.4, 0.5) is 0 Å². The normalized spacial score (nSPS) is 10.4. The summed E-state index contributed by atoms with van der Waals surface area (Å²) in [7, 11) is 0. The molecule has 0 fully saturated rings. The maximum Gasteiger partial charge on any atom is 0.188 e. The number of halogens is 1. The SMILES string of the molecule is O=C(COCCc1ccc(O)cc1)c1ccc(Cl)cc1. The number of phenolic OH excluding ortho intramolecular Hbond substituents is 1. The topological polar surface area (TPSA) is 46.5 Å². The molecule has 0 heterocycles. The largest absolute Gasteiger partial charge is 0.508 e. The summed E-state index contributed by atoms with van der Waals surface area (Å²) in [5.74, 6) is 0.181. The third-order valence-corrected chi connectivity index (χ3v) is 3.12. The molecule has 1 N–H and O–H groups in total. The smallest absolute Gasteiger partial charge is 0.188 e. The van der Waals surface area contributed by atoms with Crippen molar-refractivity contribution >= 4 is 17.4 Å². The van der Waals surface area contributed by atoms with E-state index in [4.69, 9.17) is 21.4 Å². The minimum Gasteiger partial charge on any atom is -0.508 e. The molecular weight excluding hydrogens is 276 g/mol. The Morgan fingerprint density at radius 2 is 1.70 bits per heavy atom. The molecule has 20 heavy (non-hydrogen) atoms. The van der Waals surface area contributed by atoms with Crippen LogP contribution in [0.1, 0.15) is 15.9 Å². The van der Waals surface area contributed by atoms with Gasteiger partial charge in [0.2, 0.25) is 0 Å². The standard InChI is InChI=1S/C16H15ClO3/c17-14-5-3-13(4-6-14)16(19)11-20-10-9-12-1-7-15(18)8-2-12/h1-8,18H,9-11H2. The number of phenols is 1. The van der Waals surface area contributed by atoms with E-state index in [1.54, 1.807) is 36.4 Å². The monoisotopic (exact) mass is 290 g/mol. The van der Waals surface area contributed by atoms with Gasteiger partial charge in [-0.25, -0.2) is 0 Å². The van der Waals surface area contributed by atoms with Crippen LogP contribution in [0.2, 0.25) is 5.02 Å². The molecule has 0 aromatic heterocycles. The van der Waals surface area contributed by atoms with Crippen LogP contribution in [-0.4, -0.2) is 24.1 Å². The summed E-state index contributed by atoms with van der Waals surface area (Å²) >= 11 is 5.76. The quantitative estimate of drug-likeness (QED) is 0.654. The van der Waals surface area contributed by atoms with Crippen molar-refractivity contribution in [1.82, 2.24) is 0 Å². The zero-order valence-corrected chi connectivity index (χ0v) is 11.6. The molecule has 2 aromatic carbocycles. The molecule has 0 bridgehead atoms. The van der Waals surface area contributed by atoms with Gasteiger partial charge >= 0.3 is 0 Å². The summed E-state index contributed by atoms with van der Waals surface area (Å²) in [5.41, 5.74) is 1.65. The lowest BCUT2D eigenvalue weighted by atomic mass is 10.1. The van der Waals surface area contributed by atoms with Gasteiger partial charge in [-0.2, -0.15) is 0 Å². The fourth-order valence-corrected chi connectivity index (χ4v) is 1.86. The van der Waals surface area contributed by atoms with Crippen molar-refractivity contribution in [3.8, 4) is 5.75 Å². The van der Waals surface area contributed by atoms with E-state index >= 15 is 0 Å². The van der Waals surface area contributed by atoms with Crippen LogP contribution in [0.3, 0.4) is 0 Å². The van der Waals surface area contributed by atoms with E-state index in [0.29, 0.717) is 23.6 Å². The van der Waals surface area contributed by atoms with Crippen molar-refractivity contribution in [2.24, 2.45) is 0 Å². The first kappa shape index (κ1) is 14.6. The summed E-state index contributed by atoms with van der Waals surface area (Å²) < 4.78 is 5.37. The van der Waals surface area contributed by atoms with Crippen LogP contribution in [0.25, 0.3) is 0 Å². The van der Waals surface area contributed by atoms with Crippen molar-refractivity contribution in [3.05, 3.63) is 64.7 Å². The molecule has 2 aromatic rings. The Morgan fingerprint density at radius 1 is 1.05 bits per heavy atom. The Hall–Kier alpha value is -1.84. The fourth-order valence-electron chi connectivity index (χ4n) is 1.74. The van der Waals surface area contributed by atoms with Gasteiger partial charge < -0.3 is 9.84 Å². The Kier molecular flexibility index (Phi) is 5.16. The first-order chi connectivity index (χ1) is 9.65. The van der Waals surface area contributed by atoms with E-state index in [1.807, 2.05) is 12.1 Å². The Balaban J connectivity index is 1.74. The molecule has 2 rings (SSSR count). The fraction of sp³-hybridized carbons (Fsp3) is 0.188. The molecule has 0 aliphatic heterocycles. The molecule has 0 atom stereocenters.